The SMILES string of the molecule is CC(C)c1ccccc1C1CN(Cc2ccc(F)cc2F)CCN1C1CC2(CCNCC2)C1. The van der Waals surface area contributed by atoms with Crippen molar-refractivity contribution in [3.63, 3.8) is 0 Å². The summed E-state index contributed by atoms with van der Waals surface area (Å²) in [5.74, 6) is -0.491. The molecular weight excluding hydrogens is 416 g/mol. The van der Waals surface area contributed by atoms with Crippen LogP contribution in [0.2, 0.25) is 0 Å². The summed E-state index contributed by atoms with van der Waals surface area (Å²) in [5, 5.41) is 3.52. The first-order chi connectivity index (χ1) is 15.9. The van der Waals surface area contributed by atoms with Gasteiger partial charge in [0.2, 0.25) is 0 Å². The van der Waals surface area contributed by atoms with E-state index in [9.17, 15) is 8.78 Å². The van der Waals surface area contributed by atoms with E-state index in [4.69, 9.17) is 0 Å². The van der Waals surface area contributed by atoms with Gasteiger partial charge in [-0.05, 0) is 67.3 Å². The van der Waals surface area contributed by atoms with Gasteiger partial charge in [0.05, 0.1) is 0 Å². The van der Waals surface area contributed by atoms with E-state index in [1.165, 1.54) is 42.9 Å². The monoisotopic (exact) mass is 453 g/mol. The van der Waals surface area contributed by atoms with Crippen LogP contribution in [0.3, 0.4) is 0 Å². The van der Waals surface area contributed by atoms with Gasteiger partial charge in [-0.15, -0.1) is 0 Å². The summed E-state index contributed by atoms with van der Waals surface area (Å²) in [4.78, 5) is 5.11. The van der Waals surface area contributed by atoms with Crippen LogP contribution in [-0.2, 0) is 6.54 Å². The van der Waals surface area contributed by atoms with Crippen LogP contribution in [0.4, 0.5) is 8.78 Å². The van der Waals surface area contributed by atoms with Gasteiger partial charge in [0.1, 0.15) is 11.6 Å². The number of piperazine rings is 1. The lowest BCUT2D eigenvalue weighted by Crippen LogP contribution is -2.59. The van der Waals surface area contributed by atoms with Crippen LogP contribution in [-0.4, -0.2) is 48.6 Å². The summed E-state index contributed by atoms with van der Waals surface area (Å²) in [6.07, 6.45) is 5.23. The normalized spacial score (nSPS) is 24.3. The lowest BCUT2D eigenvalue weighted by atomic mass is 9.60. The van der Waals surface area contributed by atoms with Crippen molar-refractivity contribution in [1.82, 2.24) is 15.1 Å². The molecule has 0 radical (unpaired) electrons. The van der Waals surface area contributed by atoms with Gasteiger partial charge in [-0.2, -0.15) is 0 Å². The molecule has 2 heterocycles. The van der Waals surface area contributed by atoms with E-state index in [0.29, 0.717) is 35.5 Å². The number of nitrogens with zero attached hydrogens (tertiary/aromatic N) is 2. The van der Waals surface area contributed by atoms with Crippen LogP contribution in [0.25, 0.3) is 0 Å². The number of rotatable bonds is 5. The minimum Gasteiger partial charge on any atom is -0.317 e. The largest absolute Gasteiger partial charge is 0.317 e. The summed E-state index contributed by atoms with van der Waals surface area (Å²) in [5.41, 5.74) is 3.96. The molecule has 1 atom stereocenters. The number of benzene rings is 2. The summed E-state index contributed by atoms with van der Waals surface area (Å²) in [7, 11) is 0. The van der Waals surface area contributed by atoms with Crippen LogP contribution in [0.15, 0.2) is 42.5 Å². The molecule has 5 heteroatoms. The van der Waals surface area contributed by atoms with Gasteiger partial charge in [-0.25, -0.2) is 8.78 Å². The van der Waals surface area contributed by atoms with E-state index in [0.717, 1.165) is 38.8 Å². The maximum atomic E-state index is 14.4. The minimum atomic E-state index is -0.512. The van der Waals surface area contributed by atoms with Crippen LogP contribution in [0.5, 0.6) is 0 Å². The van der Waals surface area contributed by atoms with Crippen molar-refractivity contribution in [2.75, 3.05) is 32.7 Å². The van der Waals surface area contributed by atoms with E-state index in [1.54, 1.807) is 6.07 Å². The van der Waals surface area contributed by atoms with Crippen molar-refractivity contribution in [3.8, 4) is 0 Å². The average Bonchev–Trinajstić information content (AvgIpc) is 2.80. The van der Waals surface area contributed by atoms with Gasteiger partial charge in [-0.1, -0.05) is 44.2 Å². The van der Waals surface area contributed by atoms with Gasteiger partial charge in [-0.3, -0.25) is 9.80 Å². The molecule has 3 nitrogen and oxygen atoms in total. The second-order valence-electron chi connectivity index (χ2n) is 10.8. The molecular formula is C28H37F2N3. The third kappa shape index (κ3) is 4.73. The number of hydrogen-bond acceptors (Lipinski definition) is 3. The van der Waals surface area contributed by atoms with Gasteiger partial charge in [0.25, 0.3) is 0 Å². The molecule has 2 saturated heterocycles. The van der Waals surface area contributed by atoms with Crippen LogP contribution >= 0.6 is 0 Å². The highest BCUT2D eigenvalue weighted by Gasteiger charge is 2.49. The zero-order valence-electron chi connectivity index (χ0n) is 20.0. The average molecular weight is 454 g/mol. The smallest absolute Gasteiger partial charge is 0.130 e. The Morgan fingerprint density at radius 1 is 1.03 bits per heavy atom. The Kier molecular flexibility index (Phi) is 6.56. The molecule has 0 bridgehead atoms. The molecule has 2 aromatic carbocycles. The maximum Gasteiger partial charge on any atom is 0.130 e. The van der Waals surface area contributed by atoms with E-state index >= 15 is 0 Å². The molecule has 0 amide bonds. The Morgan fingerprint density at radius 2 is 1.79 bits per heavy atom. The molecule has 0 aromatic heterocycles. The second kappa shape index (κ2) is 9.44. The Hall–Kier alpha value is -1.82. The Labute approximate surface area is 197 Å². The van der Waals surface area contributed by atoms with Gasteiger partial charge in [0.15, 0.2) is 0 Å². The molecule has 1 N–H and O–H groups in total. The lowest BCUT2D eigenvalue weighted by molar-refractivity contribution is -0.0651. The highest BCUT2D eigenvalue weighted by atomic mass is 19.1. The van der Waals surface area contributed by atoms with Gasteiger partial charge >= 0.3 is 0 Å². The fourth-order valence-electron chi connectivity index (χ4n) is 6.48. The molecule has 3 aliphatic rings. The maximum absolute atomic E-state index is 14.4. The van der Waals surface area contributed by atoms with Crippen molar-refractivity contribution in [1.29, 1.82) is 0 Å². The summed E-state index contributed by atoms with van der Waals surface area (Å²) in [6.45, 7) is 10.2. The van der Waals surface area contributed by atoms with Crippen LogP contribution in [0, 0.1) is 17.0 Å². The molecule has 1 spiro atoms. The first-order valence-corrected chi connectivity index (χ1v) is 12.7. The molecule has 178 valence electrons. The van der Waals surface area contributed by atoms with Crippen molar-refractivity contribution in [2.45, 2.75) is 64.1 Å². The third-order valence-corrected chi connectivity index (χ3v) is 8.36. The summed E-state index contributed by atoms with van der Waals surface area (Å²) in [6, 6.07) is 13.8. The third-order valence-electron chi connectivity index (χ3n) is 8.36. The van der Waals surface area contributed by atoms with E-state index < -0.39 is 11.6 Å². The minimum absolute atomic E-state index is 0.310. The highest BCUT2D eigenvalue weighted by molar-refractivity contribution is 5.33. The van der Waals surface area contributed by atoms with Crippen molar-refractivity contribution >= 4 is 0 Å². The zero-order chi connectivity index (χ0) is 23.0. The number of nitrogens with one attached hydrogen (secondary N) is 1. The fourth-order valence-corrected chi connectivity index (χ4v) is 6.48. The highest BCUT2D eigenvalue weighted by Crippen LogP contribution is 2.52. The quantitative estimate of drug-likeness (QED) is 0.647. The molecule has 33 heavy (non-hydrogen) atoms. The molecule has 5 rings (SSSR count). The predicted molar refractivity (Wildman–Crippen MR) is 129 cm³/mol. The van der Waals surface area contributed by atoms with E-state index in [1.807, 2.05) is 0 Å². The molecule has 2 aromatic rings. The second-order valence-corrected chi connectivity index (χ2v) is 10.8. The lowest BCUT2D eigenvalue weighted by Gasteiger charge is -2.57. The first kappa shape index (κ1) is 22.9. The Balaban J connectivity index is 1.38. The van der Waals surface area contributed by atoms with Gasteiger partial charge in [0, 0.05) is 49.9 Å². The number of piperidine rings is 1. The number of hydrogen-bond donors (Lipinski definition) is 1. The Bertz CT molecular complexity index is 961. The summed E-state index contributed by atoms with van der Waals surface area (Å²) < 4.78 is 27.8. The molecule has 1 aliphatic carbocycles. The van der Waals surface area contributed by atoms with E-state index in [-0.39, 0.29) is 0 Å². The van der Waals surface area contributed by atoms with Crippen molar-refractivity contribution in [3.05, 3.63) is 70.8 Å². The van der Waals surface area contributed by atoms with Crippen molar-refractivity contribution < 1.29 is 8.78 Å². The van der Waals surface area contributed by atoms with Crippen LogP contribution in [0.1, 0.15) is 68.2 Å². The molecule has 1 unspecified atom stereocenters. The van der Waals surface area contributed by atoms with Crippen LogP contribution < -0.4 is 5.32 Å². The zero-order valence-corrected chi connectivity index (χ0v) is 20.0. The standard InChI is InChI=1S/C28H37F2N3/c1-20(2)24-5-3-4-6-25(24)27-19-32(18-21-7-8-22(29)15-26(21)30)13-14-33(27)23-16-28(17-23)9-11-31-12-10-28/h3-8,15,20,23,27,31H,9-14,16-19H2,1-2H3. The first-order valence-electron chi connectivity index (χ1n) is 12.7. The molecule has 2 aliphatic heterocycles. The molecule has 3 fully saturated rings. The van der Waals surface area contributed by atoms with Gasteiger partial charge < -0.3 is 5.32 Å². The topological polar surface area (TPSA) is 18.5 Å². The fraction of sp³-hybridized carbons (Fsp3) is 0.571. The molecule has 1 saturated carbocycles. The van der Waals surface area contributed by atoms with Crippen molar-refractivity contribution in [2.24, 2.45) is 5.41 Å². The summed E-state index contributed by atoms with van der Waals surface area (Å²) >= 11 is 0. The predicted octanol–water partition coefficient (Wildman–Crippen LogP) is 5.48. The Morgan fingerprint density at radius 3 is 2.52 bits per heavy atom. The van der Waals surface area contributed by atoms with E-state index in [2.05, 4.69) is 53.2 Å². The number of halogens is 2.